The molecule has 0 spiro atoms. The Bertz CT molecular complexity index is 452. The smallest absolute Gasteiger partial charge is 0.328 e. The third-order valence-electron chi connectivity index (χ3n) is 2.00. The van der Waals surface area contributed by atoms with Crippen LogP contribution in [0.5, 0.6) is 0 Å². The Morgan fingerprint density at radius 3 is 2.76 bits per heavy atom. The lowest BCUT2D eigenvalue weighted by atomic mass is 10.3. The first-order valence-electron chi connectivity index (χ1n) is 4.83. The van der Waals surface area contributed by atoms with E-state index in [0.29, 0.717) is 0 Å². The van der Waals surface area contributed by atoms with Crippen LogP contribution < -0.4 is 16.0 Å². The third kappa shape index (κ3) is 3.32. The number of hydrogen-bond donors (Lipinski definition) is 3. The van der Waals surface area contributed by atoms with Gasteiger partial charge in [0.2, 0.25) is 0 Å². The monoisotopic (exact) mass is 258 g/mol. The molecule has 2 amide bonds. The zero-order chi connectivity index (χ0) is 13.0. The van der Waals surface area contributed by atoms with Gasteiger partial charge in [-0.1, -0.05) is 11.6 Å². The molecule has 0 unspecified atom stereocenters. The molecule has 17 heavy (non-hydrogen) atoms. The Hall–Kier alpha value is -1.82. The van der Waals surface area contributed by atoms with Crippen molar-refractivity contribution in [1.29, 1.82) is 5.41 Å². The van der Waals surface area contributed by atoms with Crippen molar-refractivity contribution in [2.45, 2.75) is 6.92 Å². The molecule has 1 aromatic carbocycles. The quantitative estimate of drug-likeness (QED) is 0.559. The van der Waals surface area contributed by atoms with Crippen LogP contribution >= 0.6 is 11.6 Å². The molecule has 1 rings (SSSR count). The minimum Gasteiger partial charge on any atom is -0.370 e. The normalized spacial score (nSPS) is 9.82. The van der Waals surface area contributed by atoms with Crippen molar-refractivity contribution in [2.24, 2.45) is 5.73 Å². The van der Waals surface area contributed by atoms with Gasteiger partial charge in [-0.25, -0.2) is 9.18 Å². The second-order valence-electron chi connectivity index (χ2n) is 3.18. The van der Waals surface area contributed by atoms with E-state index in [2.05, 4.69) is 5.32 Å². The summed E-state index contributed by atoms with van der Waals surface area (Å²) in [6.45, 7) is 1.91. The highest BCUT2D eigenvalue weighted by Crippen LogP contribution is 2.22. The minimum absolute atomic E-state index is 0.0793. The van der Waals surface area contributed by atoms with Crippen LogP contribution in [-0.2, 0) is 0 Å². The van der Waals surface area contributed by atoms with Crippen LogP contribution in [-0.4, -0.2) is 18.5 Å². The fourth-order valence-corrected chi connectivity index (χ4v) is 1.46. The first-order valence-corrected chi connectivity index (χ1v) is 5.21. The topological polar surface area (TPSA) is 82.2 Å². The highest BCUT2D eigenvalue weighted by atomic mass is 35.5. The highest BCUT2D eigenvalue weighted by molar-refractivity contribution is 6.30. The highest BCUT2D eigenvalue weighted by Gasteiger charge is 2.17. The number of hydrogen-bond acceptors (Lipinski definition) is 2. The van der Waals surface area contributed by atoms with Crippen LogP contribution in [0.25, 0.3) is 0 Å². The van der Waals surface area contributed by atoms with Crippen LogP contribution in [0.15, 0.2) is 18.2 Å². The molecule has 7 heteroatoms. The number of rotatable bonds is 2. The standard InChI is InChI=1S/C10H12ClFN4O/c1-2-16(10(17)15-9(13)14)8-4-3-6(11)5-7(8)12/h3-5H,2H2,1H3,(H4,13,14,15,17). The molecule has 0 aliphatic heterocycles. The Morgan fingerprint density at radius 2 is 2.29 bits per heavy atom. The minimum atomic E-state index is -0.666. The van der Waals surface area contributed by atoms with Crippen LogP contribution in [0.4, 0.5) is 14.9 Å². The molecule has 0 aromatic heterocycles. The summed E-state index contributed by atoms with van der Waals surface area (Å²) in [6, 6.07) is 3.31. The lowest BCUT2D eigenvalue weighted by molar-refractivity contribution is 0.250. The average Bonchev–Trinajstić information content (AvgIpc) is 2.21. The molecule has 0 atom stereocenters. The van der Waals surface area contributed by atoms with Crippen LogP contribution in [0, 0.1) is 11.2 Å². The molecule has 92 valence electrons. The second-order valence-corrected chi connectivity index (χ2v) is 3.62. The molecule has 0 aliphatic carbocycles. The van der Waals surface area contributed by atoms with E-state index >= 15 is 0 Å². The number of amides is 2. The van der Waals surface area contributed by atoms with Gasteiger partial charge < -0.3 is 5.73 Å². The van der Waals surface area contributed by atoms with Gasteiger partial charge in [-0.2, -0.15) is 0 Å². The summed E-state index contributed by atoms with van der Waals surface area (Å²) in [5.41, 5.74) is 5.12. The van der Waals surface area contributed by atoms with E-state index in [4.69, 9.17) is 22.7 Å². The summed E-state index contributed by atoms with van der Waals surface area (Å²) in [5, 5.41) is 9.27. The van der Waals surface area contributed by atoms with Crippen molar-refractivity contribution in [3.05, 3.63) is 29.0 Å². The first kappa shape index (κ1) is 13.2. The average molecular weight is 259 g/mol. The van der Waals surface area contributed by atoms with Crippen molar-refractivity contribution in [3.63, 3.8) is 0 Å². The van der Waals surface area contributed by atoms with Crippen LogP contribution in [0.3, 0.4) is 0 Å². The van der Waals surface area contributed by atoms with Crippen molar-refractivity contribution in [1.82, 2.24) is 5.32 Å². The van der Waals surface area contributed by atoms with E-state index in [-0.39, 0.29) is 17.3 Å². The molecule has 0 saturated carbocycles. The van der Waals surface area contributed by atoms with Gasteiger partial charge in [0, 0.05) is 11.6 Å². The van der Waals surface area contributed by atoms with Crippen molar-refractivity contribution < 1.29 is 9.18 Å². The summed E-state index contributed by atoms with van der Waals surface area (Å²) in [7, 11) is 0. The number of anilines is 1. The maximum atomic E-state index is 13.6. The Morgan fingerprint density at radius 1 is 1.65 bits per heavy atom. The summed E-state index contributed by atoms with van der Waals surface area (Å²) in [4.78, 5) is 12.7. The number of benzene rings is 1. The fourth-order valence-electron chi connectivity index (χ4n) is 1.31. The van der Waals surface area contributed by atoms with Gasteiger partial charge in [-0.05, 0) is 25.1 Å². The number of nitrogens with zero attached hydrogens (tertiary/aromatic N) is 1. The molecular formula is C10H12ClFN4O. The lowest BCUT2D eigenvalue weighted by Crippen LogP contribution is -2.45. The number of guanidine groups is 1. The predicted octanol–water partition coefficient (Wildman–Crippen LogP) is 1.91. The maximum Gasteiger partial charge on any atom is 0.328 e. The summed E-state index contributed by atoms with van der Waals surface area (Å²) in [6.07, 6.45) is 0. The van der Waals surface area contributed by atoms with Gasteiger partial charge in [0.1, 0.15) is 5.82 Å². The maximum absolute atomic E-state index is 13.6. The van der Waals surface area contributed by atoms with E-state index in [1.807, 2.05) is 0 Å². The van der Waals surface area contributed by atoms with Gasteiger partial charge in [0.05, 0.1) is 5.69 Å². The van der Waals surface area contributed by atoms with Gasteiger partial charge in [0.25, 0.3) is 0 Å². The number of carbonyl (C=O) groups excluding carboxylic acids is 1. The van der Waals surface area contributed by atoms with Gasteiger partial charge in [0.15, 0.2) is 5.96 Å². The molecule has 0 heterocycles. The zero-order valence-electron chi connectivity index (χ0n) is 9.13. The fraction of sp³-hybridized carbons (Fsp3) is 0.200. The molecular weight excluding hydrogens is 247 g/mol. The number of nitrogens with two attached hydrogens (primary N) is 1. The number of carbonyl (C=O) groups is 1. The second kappa shape index (κ2) is 5.49. The first-order chi connectivity index (χ1) is 7.95. The van der Waals surface area contributed by atoms with E-state index in [1.165, 1.54) is 12.1 Å². The number of halogens is 2. The SMILES string of the molecule is CCN(C(=O)NC(=N)N)c1ccc(Cl)cc1F. The van der Waals surface area contributed by atoms with Crippen molar-refractivity contribution in [2.75, 3.05) is 11.4 Å². The van der Waals surface area contributed by atoms with Crippen molar-refractivity contribution >= 4 is 29.3 Å². The number of nitrogens with one attached hydrogen (secondary N) is 2. The van der Waals surface area contributed by atoms with E-state index in [9.17, 15) is 9.18 Å². The molecule has 0 radical (unpaired) electrons. The van der Waals surface area contributed by atoms with E-state index in [0.717, 1.165) is 11.0 Å². The van der Waals surface area contributed by atoms with Gasteiger partial charge in [-0.3, -0.25) is 15.6 Å². The molecule has 0 fully saturated rings. The van der Waals surface area contributed by atoms with E-state index in [1.54, 1.807) is 6.92 Å². The third-order valence-corrected chi connectivity index (χ3v) is 2.24. The molecule has 0 bridgehead atoms. The number of urea groups is 1. The summed E-state index contributed by atoms with van der Waals surface area (Å²) in [5.74, 6) is -1.11. The zero-order valence-corrected chi connectivity index (χ0v) is 9.88. The molecule has 5 nitrogen and oxygen atoms in total. The predicted molar refractivity (Wildman–Crippen MR) is 64.9 cm³/mol. The Balaban J connectivity index is 3.01. The van der Waals surface area contributed by atoms with Crippen molar-refractivity contribution in [3.8, 4) is 0 Å². The van der Waals surface area contributed by atoms with E-state index < -0.39 is 17.8 Å². The summed E-state index contributed by atoms with van der Waals surface area (Å²) < 4.78 is 13.6. The van der Waals surface area contributed by atoms with Crippen LogP contribution in [0.2, 0.25) is 5.02 Å². The molecule has 4 N–H and O–H groups in total. The van der Waals surface area contributed by atoms with Gasteiger partial charge in [-0.15, -0.1) is 0 Å². The molecule has 1 aromatic rings. The Labute approximate surface area is 103 Å². The largest absolute Gasteiger partial charge is 0.370 e. The summed E-state index contributed by atoms with van der Waals surface area (Å²) >= 11 is 5.62. The Kier molecular flexibility index (Phi) is 4.28. The van der Waals surface area contributed by atoms with Crippen LogP contribution in [0.1, 0.15) is 6.92 Å². The molecule has 0 saturated heterocycles. The molecule has 0 aliphatic rings. The van der Waals surface area contributed by atoms with Gasteiger partial charge >= 0.3 is 6.03 Å². The lowest BCUT2D eigenvalue weighted by Gasteiger charge is -2.21.